The fourth-order valence-corrected chi connectivity index (χ4v) is 3.82. The lowest BCUT2D eigenvalue weighted by atomic mass is 10.1. The number of aromatic nitrogens is 1. The predicted octanol–water partition coefficient (Wildman–Crippen LogP) is 2.72. The second-order valence-corrected chi connectivity index (χ2v) is 7.98. The molecule has 1 aromatic heterocycles. The number of methoxy groups -OCH3 is 1. The van der Waals surface area contributed by atoms with E-state index in [1.165, 1.54) is 12.1 Å². The third-order valence-electron chi connectivity index (χ3n) is 5.40. The number of benzene rings is 1. The Morgan fingerprint density at radius 1 is 1.30 bits per heavy atom. The SMILES string of the molecule is C=CCOC[C@@H](O)CN(CCCOC)Cc1c(-c2ccc(F)cc2)noc1N1CCOCC1. The van der Waals surface area contributed by atoms with Crippen LogP contribution in [-0.2, 0) is 20.8 Å². The molecule has 2 heterocycles. The van der Waals surface area contributed by atoms with Gasteiger partial charge in [0.25, 0.3) is 0 Å². The van der Waals surface area contributed by atoms with Crippen LogP contribution >= 0.6 is 0 Å². The van der Waals surface area contributed by atoms with Gasteiger partial charge in [0.1, 0.15) is 11.5 Å². The van der Waals surface area contributed by atoms with E-state index < -0.39 is 6.10 Å². The zero-order valence-electron chi connectivity index (χ0n) is 19.2. The van der Waals surface area contributed by atoms with Gasteiger partial charge in [0.15, 0.2) is 0 Å². The molecule has 1 aromatic carbocycles. The molecule has 0 unspecified atom stereocenters. The van der Waals surface area contributed by atoms with Gasteiger partial charge in [-0.15, -0.1) is 6.58 Å². The van der Waals surface area contributed by atoms with E-state index in [1.807, 2.05) is 0 Å². The minimum absolute atomic E-state index is 0.220. The highest BCUT2D eigenvalue weighted by Crippen LogP contribution is 2.33. The number of ether oxygens (including phenoxy) is 3. The normalized spacial score (nSPS) is 15.2. The molecule has 1 aliphatic rings. The maximum atomic E-state index is 13.5. The van der Waals surface area contributed by atoms with Crippen LogP contribution in [-0.4, -0.2) is 87.6 Å². The Morgan fingerprint density at radius 2 is 2.06 bits per heavy atom. The molecule has 1 saturated heterocycles. The van der Waals surface area contributed by atoms with Crippen molar-refractivity contribution in [1.82, 2.24) is 10.1 Å². The van der Waals surface area contributed by atoms with Crippen LogP contribution in [0.4, 0.5) is 10.3 Å². The fraction of sp³-hybridized carbons (Fsp3) is 0.542. The summed E-state index contributed by atoms with van der Waals surface area (Å²) in [7, 11) is 1.67. The van der Waals surface area contributed by atoms with Gasteiger partial charge in [-0.25, -0.2) is 4.39 Å². The van der Waals surface area contributed by atoms with E-state index >= 15 is 0 Å². The minimum atomic E-state index is -0.659. The molecular weight excluding hydrogens is 429 g/mol. The summed E-state index contributed by atoms with van der Waals surface area (Å²) in [6.45, 7) is 9.12. The lowest BCUT2D eigenvalue weighted by Crippen LogP contribution is -2.38. The Hall–Kier alpha value is -2.30. The van der Waals surface area contributed by atoms with Gasteiger partial charge in [-0.3, -0.25) is 4.90 Å². The molecule has 0 saturated carbocycles. The summed E-state index contributed by atoms with van der Waals surface area (Å²) in [5.41, 5.74) is 2.35. The maximum absolute atomic E-state index is 13.5. The van der Waals surface area contributed by atoms with Crippen LogP contribution < -0.4 is 4.90 Å². The number of rotatable bonds is 14. The number of nitrogens with zero attached hydrogens (tertiary/aromatic N) is 3. The molecule has 0 spiro atoms. The Morgan fingerprint density at radius 3 is 2.76 bits per heavy atom. The molecular formula is C24H34FN3O5. The summed E-state index contributed by atoms with van der Waals surface area (Å²) < 4.78 is 35.5. The Labute approximate surface area is 194 Å². The summed E-state index contributed by atoms with van der Waals surface area (Å²) in [4.78, 5) is 4.26. The van der Waals surface area contributed by atoms with Crippen molar-refractivity contribution in [3.05, 3.63) is 48.3 Å². The molecule has 0 bridgehead atoms. The maximum Gasteiger partial charge on any atom is 0.232 e. The molecule has 1 aliphatic heterocycles. The van der Waals surface area contributed by atoms with Gasteiger partial charge < -0.3 is 28.7 Å². The molecule has 1 fully saturated rings. The second kappa shape index (κ2) is 13.4. The van der Waals surface area contributed by atoms with E-state index in [4.69, 9.17) is 18.7 Å². The summed E-state index contributed by atoms with van der Waals surface area (Å²) >= 11 is 0. The predicted molar refractivity (Wildman–Crippen MR) is 124 cm³/mol. The van der Waals surface area contributed by atoms with Gasteiger partial charge in [0.05, 0.1) is 38.1 Å². The minimum Gasteiger partial charge on any atom is -0.389 e. The van der Waals surface area contributed by atoms with E-state index in [-0.39, 0.29) is 12.4 Å². The lowest BCUT2D eigenvalue weighted by molar-refractivity contribution is 0.0230. The molecule has 0 amide bonds. The quantitative estimate of drug-likeness (QED) is 0.338. The molecule has 2 aromatic rings. The van der Waals surface area contributed by atoms with E-state index in [1.54, 1.807) is 25.3 Å². The standard InChI is InChI=1S/C24H34FN3O5/c1-3-12-32-18-21(29)16-27(9-4-13-30-2)17-22-23(19-5-7-20(25)8-6-19)26-33-24(22)28-10-14-31-15-11-28/h3,5-8,21,29H,1,4,9-18H2,2H3/t21-/m0/s1. The molecule has 9 heteroatoms. The number of morpholine rings is 1. The van der Waals surface area contributed by atoms with Gasteiger partial charge in [0, 0.05) is 52.0 Å². The first-order valence-electron chi connectivity index (χ1n) is 11.3. The van der Waals surface area contributed by atoms with Gasteiger partial charge in [-0.1, -0.05) is 11.2 Å². The van der Waals surface area contributed by atoms with Crippen LogP contribution in [0.1, 0.15) is 12.0 Å². The van der Waals surface area contributed by atoms with Crippen molar-refractivity contribution < 1.29 is 28.2 Å². The van der Waals surface area contributed by atoms with E-state index in [9.17, 15) is 9.50 Å². The van der Waals surface area contributed by atoms with Crippen molar-refractivity contribution in [2.45, 2.75) is 19.1 Å². The van der Waals surface area contributed by atoms with Crippen LogP contribution in [0.5, 0.6) is 0 Å². The average molecular weight is 464 g/mol. The van der Waals surface area contributed by atoms with Gasteiger partial charge >= 0.3 is 0 Å². The lowest BCUT2D eigenvalue weighted by Gasteiger charge is -2.29. The topological polar surface area (TPSA) is 80.4 Å². The number of halogens is 1. The summed E-state index contributed by atoms with van der Waals surface area (Å²) in [5.74, 6) is 0.382. The van der Waals surface area contributed by atoms with Crippen LogP contribution in [0.2, 0.25) is 0 Å². The molecule has 3 rings (SSSR count). The first kappa shape index (κ1) is 25.3. The number of aliphatic hydroxyl groups is 1. The number of aliphatic hydroxyl groups excluding tert-OH is 1. The summed E-state index contributed by atoms with van der Waals surface area (Å²) in [6.07, 6.45) is 1.80. The summed E-state index contributed by atoms with van der Waals surface area (Å²) in [6, 6.07) is 6.23. The van der Waals surface area contributed by atoms with Gasteiger partial charge in [0.2, 0.25) is 5.88 Å². The van der Waals surface area contributed by atoms with Crippen molar-refractivity contribution in [2.24, 2.45) is 0 Å². The highest BCUT2D eigenvalue weighted by Gasteiger charge is 2.26. The Kier molecular flexibility index (Phi) is 10.3. The third-order valence-corrected chi connectivity index (χ3v) is 5.40. The smallest absolute Gasteiger partial charge is 0.232 e. The van der Waals surface area contributed by atoms with Crippen molar-refractivity contribution in [1.29, 1.82) is 0 Å². The summed E-state index contributed by atoms with van der Waals surface area (Å²) in [5, 5.41) is 14.9. The average Bonchev–Trinajstić information content (AvgIpc) is 3.24. The Balaban J connectivity index is 1.85. The first-order valence-corrected chi connectivity index (χ1v) is 11.3. The van der Waals surface area contributed by atoms with Crippen LogP contribution in [0, 0.1) is 5.82 Å². The Bertz CT molecular complexity index is 839. The van der Waals surface area contributed by atoms with Gasteiger partial charge in [-0.2, -0.15) is 0 Å². The highest BCUT2D eigenvalue weighted by molar-refractivity contribution is 5.68. The first-order chi connectivity index (χ1) is 16.1. The van der Waals surface area contributed by atoms with Crippen LogP contribution in [0.3, 0.4) is 0 Å². The van der Waals surface area contributed by atoms with Gasteiger partial charge in [-0.05, 0) is 30.7 Å². The van der Waals surface area contributed by atoms with E-state index in [0.29, 0.717) is 70.7 Å². The number of hydrogen-bond acceptors (Lipinski definition) is 8. The zero-order valence-corrected chi connectivity index (χ0v) is 19.2. The zero-order chi connectivity index (χ0) is 23.5. The number of anilines is 1. The molecule has 0 radical (unpaired) electrons. The third kappa shape index (κ3) is 7.62. The largest absolute Gasteiger partial charge is 0.389 e. The second-order valence-electron chi connectivity index (χ2n) is 7.98. The molecule has 0 aliphatic carbocycles. The van der Waals surface area contributed by atoms with E-state index in [2.05, 4.69) is 21.5 Å². The molecule has 33 heavy (non-hydrogen) atoms. The molecule has 1 N–H and O–H groups in total. The van der Waals surface area contributed by atoms with Crippen molar-refractivity contribution >= 4 is 5.88 Å². The molecule has 8 nitrogen and oxygen atoms in total. The van der Waals surface area contributed by atoms with Crippen LogP contribution in [0.15, 0.2) is 41.4 Å². The van der Waals surface area contributed by atoms with Crippen molar-refractivity contribution in [3.63, 3.8) is 0 Å². The van der Waals surface area contributed by atoms with Crippen molar-refractivity contribution in [3.8, 4) is 11.3 Å². The number of hydrogen-bond donors (Lipinski definition) is 1. The van der Waals surface area contributed by atoms with Crippen molar-refractivity contribution in [2.75, 3.05) is 71.2 Å². The van der Waals surface area contributed by atoms with Crippen LogP contribution in [0.25, 0.3) is 11.3 Å². The molecule has 182 valence electrons. The fourth-order valence-electron chi connectivity index (χ4n) is 3.82. The monoisotopic (exact) mass is 463 g/mol. The molecule has 1 atom stereocenters. The van der Waals surface area contributed by atoms with E-state index in [0.717, 1.165) is 17.5 Å². The highest BCUT2D eigenvalue weighted by atomic mass is 19.1.